The van der Waals surface area contributed by atoms with Gasteiger partial charge in [-0.1, -0.05) is 0 Å². The molecule has 3 aromatic rings. The van der Waals surface area contributed by atoms with Crippen LogP contribution >= 0.6 is 11.3 Å². The summed E-state index contributed by atoms with van der Waals surface area (Å²) in [7, 11) is 0. The standard InChI is InChI=1S/C18H18N4O4S/c1-11-4-5-15(26-11)16-20-14(10-27-16)17(23)21-6-2-3-13(9-21)22-8-12(7-19-22)18(24)25/h4-5,7-8,10,13H,2-3,6,9H2,1H3,(H,24,25)/t13-/m1/s1. The van der Waals surface area contributed by atoms with Gasteiger partial charge in [0, 0.05) is 24.7 Å². The zero-order valence-electron chi connectivity index (χ0n) is 14.7. The molecule has 8 nitrogen and oxygen atoms in total. The Bertz CT molecular complexity index is 989. The maximum absolute atomic E-state index is 12.9. The minimum atomic E-state index is -1.01. The number of hydrogen-bond acceptors (Lipinski definition) is 6. The van der Waals surface area contributed by atoms with Crippen LogP contribution in [0.2, 0.25) is 0 Å². The number of aromatic nitrogens is 3. The van der Waals surface area contributed by atoms with Gasteiger partial charge in [0.05, 0.1) is 17.8 Å². The molecule has 0 aromatic carbocycles. The fourth-order valence-electron chi connectivity index (χ4n) is 3.20. The SMILES string of the molecule is Cc1ccc(-c2nc(C(=O)N3CCC[C@@H](n4cc(C(=O)O)cn4)C3)cs2)o1. The lowest BCUT2D eigenvalue weighted by atomic mass is 10.1. The Morgan fingerprint density at radius 3 is 2.93 bits per heavy atom. The molecule has 27 heavy (non-hydrogen) atoms. The number of furan rings is 1. The van der Waals surface area contributed by atoms with Crippen LogP contribution in [0.15, 0.2) is 34.3 Å². The highest BCUT2D eigenvalue weighted by Gasteiger charge is 2.28. The average molecular weight is 386 g/mol. The second-order valence-electron chi connectivity index (χ2n) is 6.51. The van der Waals surface area contributed by atoms with Gasteiger partial charge in [-0.2, -0.15) is 5.10 Å². The largest absolute Gasteiger partial charge is 0.478 e. The van der Waals surface area contributed by atoms with Crippen molar-refractivity contribution in [2.45, 2.75) is 25.8 Å². The molecule has 4 heterocycles. The van der Waals surface area contributed by atoms with E-state index in [-0.39, 0.29) is 17.5 Å². The first-order valence-corrected chi connectivity index (χ1v) is 9.48. The molecule has 1 N–H and O–H groups in total. The van der Waals surface area contributed by atoms with Crippen molar-refractivity contribution in [1.82, 2.24) is 19.7 Å². The molecule has 1 saturated heterocycles. The number of rotatable bonds is 4. The van der Waals surface area contributed by atoms with E-state index in [0.29, 0.717) is 29.6 Å². The molecular weight excluding hydrogens is 368 g/mol. The number of piperidine rings is 1. The molecule has 0 radical (unpaired) electrons. The van der Waals surface area contributed by atoms with E-state index in [1.807, 2.05) is 19.1 Å². The summed E-state index contributed by atoms with van der Waals surface area (Å²) in [4.78, 5) is 30.1. The summed E-state index contributed by atoms with van der Waals surface area (Å²) in [5.41, 5.74) is 0.549. The number of carboxylic acid groups (broad SMARTS) is 1. The van der Waals surface area contributed by atoms with E-state index < -0.39 is 5.97 Å². The molecule has 1 amide bonds. The van der Waals surface area contributed by atoms with E-state index in [9.17, 15) is 9.59 Å². The van der Waals surface area contributed by atoms with E-state index in [4.69, 9.17) is 9.52 Å². The highest BCUT2D eigenvalue weighted by Crippen LogP contribution is 2.27. The molecule has 0 bridgehead atoms. The molecule has 0 spiro atoms. The lowest BCUT2D eigenvalue weighted by Gasteiger charge is -2.32. The maximum atomic E-state index is 12.9. The van der Waals surface area contributed by atoms with Crippen LogP contribution < -0.4 is 0 Å². The second-order valence-corrected chi connectivity index (χ2v) is 7.37. The third-order valence-corrected chi connectivity index (χ3v) is 5.44. The number of hydrogen-bond donors (Lipinski definition) is 1. The molecule has 140 valence electrons. The average Bonchev–Trinajstić information content (AvgIpc) is 3.41. The molecule has 1 aliphatic rings. The molecule has 1 fully saturated rings. The predicted molar refractivity (Wildman–Crippen MR) is 97.9 cm³/mol. The second kappa shape index (κ2) is 6.99. The number of thiazole rings is 1. The van der Waals surface area contributed by atoms with Crippen LogP contribution in [-0.2, 0) is 0 Å². The molecule has 9 heteroatoms. The van der Waals surface area contributed by atoms with E-state index >= 15 is 0 Å². The van der Waals surface area contributed by atoms with Crippen LogP contribution in [0, 0.1) is 6.92 Å². The summed E-state index contributed by atoms with van der Waals surface area (Å²) in [6.45, 7) is 2.99. The van der Waals surface area contributed by atoms with Gasteiger partial charge >= 0.3 is 5.97 Å². The minimum Gasteiger partial charge on any atom is -0.478 e. The minimum absolute atomic E-state index is 0.0402. The predicted octanol–water partition coefficient (Wildman–Crippen LogP) is 3.08. The third-order valence-electron chi connectivity index (χ3n) is 4.58. The first kappa shape index (κ1) is 17.5. The van der Waals surface area contributed by atoms with E-state index in [0.717, 1.165) is 18.6 Å². The Morgan fingerprint density at radius 2 is 2.22 bits per heavy atom. The van der Waals surface area contributed by atoms with Gasteiger partial charge in [0.2, 0.25) is 0 Å². The zero-order valence-corrected chi connectivity index (χ0v) is 15.5. The van der Waals surface area contributed by atoms with Crippen molar-refractivity contribution in [3.05, 3.63) is 46.9 Å². The van der Waals surface area contributed by atoms with Crippen LogP contribution in [-0.4, -0.2) is 49.7 Å². The molecule has 4 rings (SSSR count). The normalized spacial score (nSPS) is 17.2. The summed E-state index contributed by atoms with van der Waals surface area (Å²) >= 11 is 1.38. The molecular formula is C18H18N4O4S. The van der Waals surface area contributed by atoms with Gasteiger partial charge < -0.3 is 14.4 Å². The Hall–Kier alpha value is -2.94. The monoisotopic (exact) mass is 386 g/mol. The Labute approximate surface area is 159 Å². The number of nitrogens with zero attached hydrogens (tertiary/aromatic N) is 4. The lowest BCUT2D eigenvalue weighted by molar-refractivity contribution is 0.0662. The summed E-state index contributed by atoms with van der Waals surface area (Å²) < 4.78 is 7.21. The molecule has 1 aliphatic heterocycles. The van der Waals surface area contributed by atoms with Crippen molar-refractivity contribution in [2.75, 3.05) is 13.1 Å². The quantitative estimate of drug-likeness (QED) is 0.739. The van der Waals surface area contributed by atoms with Crippen molar-refractivity contribution in [3.8, 4) is 10.8 Å². The number of amides is 1. The molecule has 0 saturated carbocycles. The first-order chi connectivity index (χ1) is 13.0. The number of carboxylic acids is 1. The highest BCUT2D eigenvalue weighted by molar-refractivity contribution is 7.13. The highest BCUT2D eigenvalue weighted by atomic mass is 32.1. The van der Waals surface area contributed by atoms with Gasteiger partial charge in [0.15, 0.2) is 10.8 Å². The van der Waals surface area contributed by atoms with Crippen molar-refractivity contribution < 1.29 is 19.1 Å². The van der Waals surface area contributed by atoms with Crippen LogP contribution in [0.4, 0.5) is 0 Å². The summed E-state index contributed by atoms with van der Waals surface area (Å²) in [6.07, 6.45) is 4.52. The topological polar surface area (TPSA) is 101 Å². The molecule has 3 aromatic heterocycles. The van der Waals surface area contributed by atoms with Crippen LogP contribution in [0.3, 0.4) is 0 Å². The van der Waals surface area contributed by atoms with Crippen LogP contribution in [0.25, 0.3) is 10.8 Å². The first-order valence-electron chi connectivity index (χ1n) is 8.60. The Balaban J connectivity index is 1.48. The number of carbonyl (C=O) groups excluding carboxylic acids is 1. The zero-order chi connectivity index (χ0) is 19.0. The third kappa shape index (κ3) is 3.50. The molecule has 0 aliphatic carbocycles. The van der Waals surface area contributed by atoms with Crippen molar-refractivity contribution in [3.63, 3.8) is 0 Å². The molecule has 1 atom stereocenters. The van der Waals surface area contributed by atoms with Gasteiger partial charge in [0.1, 0.15) is 11.5 Å². The van der Waals surface area contributed by atoms with E-state index in [2.05, 4.69) is 10.1 Å². The fraction of sp³-hybridized carbons (Fsp3) is 0.333. The van der Waals surface area contributed by atoms with Gasteiger partial charge in [-0.05, 0) is 31.9 Å². The Kier molecular flexibility index (Phi) is 4.53. The van der Waals surface area contributed by atoms with Crippen molar-refractivity contribution >= 4 is 23.2 Å². The maximum Gasteiger partial charge on any atom is 0.338 e. The fourth-order valence-corrected chi connectivity index (χ4v) is 3.95. The number of carbonyl (C=O) groups is 2. The number of aryl methyl sites for hydroxylation is 1. The summed E-state index contributed by atoms with van der Waals surface area (Å²) in [5.74, 6) is 0.321. The van der Waals surface area contributed by atoms with Crippen molar-refractivity contribution in [1.29, 1.82) is 0 Å². The van der Waals surface area contributed by atoms with Gasteiger partial charge in [-0.3, -0.25) is 9.48 Å². The van der Waals surface area contributed by atoms with Gasteiger partial charge in [-0.15, -0.1) is 11.3 Å². The molecule has 0 unspecified atom stereocenters. The Morgan fingerprint density at radius 1 is 1.37 bits per heavy atom. The summed E-state index contributed by atoms with van der Waals surface area (Å²) in [5, 5.41) is 15.6. The van der Waals surface area contributed by atoms with Crippen molar-refractivity contribution in [2.24, 2.45) is 0 Å². The van der Waals surface area contributed by atoms with E-state index in [1.165, 1.54) is 23.7 Å². The number of likely N-dealkylation sites (tertiary alicyclic amines) is 1. The van der Waals surface area contributed by atoms with Gasteiger partial charge in [0.25, 0.3) is 5.91 Å². The van der Waals surface area contributed by atoms with E-state index in [1.54, 1.807) is 15.0 Å². The lowest BCUT2D eigenvalue weighted by Crippen LogP contribution is -2.41. The number of aromatic carboxylic acids is 1. The van der Waals surface area contributed by atoms with Gasteiger partial charge in [-0.25, -0.2) is 9.78 Å². The smallest absolute Gasteiger partial charge is 0.338 e. The van der Waals surface area contributed by atoms with Crippen LogP contribution in [0.5, 0.6) is 0 Å². The van der Waals surface area contributed by atoms with Crippen LogP contribution in [0.1, 0.15) is 45.5 Å². The summed E-state index contributed by atoms with van der Waals surface area (Å²) in [6, 6.07) is 3.67.